The second-order valence-corrected chi connectivity index (χ2v) is 1.45. The number of nitrogens with zero attached hydrogens (tertiary/aromatic N) is 1. The van der Waals surface area contributed by atoms with E-state index >= 15 is 0 Å². The van der Waals surface area contributed by atoms with E-state index in [1.807, 2.05) is 0 Å². The second-order valence-electron chi connectivity index (χ2n) is 1.45. The van der Waals surface area contributed by atoms with E-state index in [1.54, 1.807) is 5.43 Å². The number of hydrogen-bond acceptors (Lipinski definition) is 3. The number of carboxylic acids is 1. The monoisotopic (exact) mass is 134 g/mol. The molecule has 0 heterocycles. The van der Waals surface area contributed by atoms with Gasteiger partial charge in [-0.3, -0.25) is 0 Å². The summed E-state index contributed by atoms with van der Waals surface area (Å²) in [5.74, 6) is -1.24. The van der Waals surface area contributed by atoms with E-state index in [0.717, 1.165) is 0 Å². The number of carbonyl (C=O) groups is 1. The van der Waals surface area contributed by atoms with E-state index < -0.39 is 17.0 Å². The molecule has 9 heavy (non-hydrogen) atoms. The van der Waals surface area contributed by atoms with Crippen LogP contribution in [-0.2, 0) is 4.79 Å². The summed E-state index contributed by atoms with van der Waals surface area (Å²) in [6.45, 7) is 1.19. The first-order valence-electron chi connectivity index (χ1n) is 2.17. The minimum Gasteiger partial charge on any atom is -0.480 e. The molecule has 0 saturated carbocycles. The molecule has 0 rings (SSSR count). The van der Waals surface area contributed by atoms with Gasteiger partial charge in [0.15, 0.2) is 11.1 Å². The topological polar surface area (TPSA) is 92.5 Å². The molecule has 0 spiro atoms. The Kier molecular flexibility index (Phi) is 2.43. The number of aliphatic carboxylic acids is 1. The predicted octanol–water partition coefficient (Wildman–Crippen LogP) is -0.759. The molecule has 0 aliphatic heterocycles. The molecule has 52 valence electrons. The van der Waals surface area contributed by atoms with Gasteiger partial charge in [-0.2, -0.15) is 0 Å². The summed E-state index contributed by atoms with van der Waals surface area (Å²) in [5, 5.41) is 16.7. The van der Waals surface area contributed by atoms with Crippen molar-refractivity contribution in [3.8, 4) is 0 Å². The van der Waals surface area contributed by atoms with Crippen LogP contribution >= 0.6 is 0 Å². The number of nitrogens with one attached hydrogen (secondary N) is 1. The average Bonchev–Trinajstić information content (AvgIpc) is 1.63. The zero-order chi connectivity index (χ0) is 7.44. The molecule has 0 aromatic carbocycles. The SMILES string of the molecule is C[C@@H](N[N+](=O)[O-])C(=O)O. The van der Waals surface area contributed by atoms with Crippen LogP contribution in [0.4, 0.5) is 0 Å². The normalized spacial score (nSPS) is 12.1. The van der Waals surface area contributed by atoms with E-state index in [1.165, 1.54) is 6.92 Å². The van der Waals surface area contributed by atoms with Gasteiger partial charge < -0.3 is 5.11 Å². The maximum atomic E-state index is 9.87. The van der Waals surface area contributed by atoms with Crippen molar-refractivity contribution >= 4 is 5.97 Å². The lowest BCUT2D eigenvalue weighted by atomic mass is 10.4. The third kappa shape index (κ3) is 3.27. The molecule has 0 fully saturated rings. The van der Waals surface area contributed by atoms with Crippen LogP contribution in [0.5, 0.6) is 0 Å². The van der Waals surface area contributed by atoms with Crippen LogP contribution in [0.2, 0.25) is 0 Å². The molecule has 0 aromatic rings. The number of carboxylic acid groups (broad SMARTS) is 1. The summed E-state index contributed by atoms with van der Waals surface area (Å²) in [5.41, 5.74) is 1.56. The van der Waals surface area contributed by atoms with Gasteiger partial charge >= 0.3 is 5.97 Å². The van der Waals surface area contributed by atoms with Gasteiger partial charge in [0, 0.05) is 0 Å². The van der Waals surface area contributed by atoms with Gasteiger partial charge in [-0.15, -0.1) is 5.43 Å². The average molecular weight is 134 g/mol. The lowest BCUT2D eigenvalue weighted by Crippen LogP contribution is -2.37. The maximum Gasteiger partial charge on any atom is 0.331 e. The molecule has 1 atom stereocenters. The van der Waals surface area contributed by atoms with Crippen LogP contribution < -0.4 is 5.43 Å². The summed E-state index contributed by atoms with van der Waals surface area (Å²) in [7, 11) is 0. The summed E-state index contributed by atoms with van der Waals surface area (Å²) >= 11 is 0. The Hall–Kier alpha value is -1.33. The highest BCUT2D eigenvalue weighted by Crippen LogP contribution is 1.78. The van der Waals surface area contributed by atoms with E-state index in [-0.39, 0.29) is 0 Å². The van der Waals surface area contributed by atoms with Gasteiger partial charge in [0.25, 0.3) is 0 Å². The van der Waals surface area contributed by atoms with Crippen LogP contribution in [0.3, 0.4) is 0 Å². The minimum absolute atomic E-state index is 0.890. The van der Waals surface area contributed by atoms with E-state index in [9.17, 15) is 14.9 Å². The van der Waals surface area contributed by atoms with Crippen molar-refractivity contribution in [3.63, 3.8) is 0 Å². The number of hydrazine groups is 1. The molecule has 2 N–H and O–H groups in total. The van der Waals surface area contributed by atoms with Crippen molar-refractivity contribution in [3.05, 3.63) is 10.1 Å². The first-order chi connectivity index (χ1) is 4.04. The van der Waals surface area contributed by atoms with Gasteiger partial charge in [-0.1, -0.05) is 0 Å². The van der Waals surface area contributed by atoms with Gasteiger partial charge in [0.05, 0.1) is 0 Å². The molecule has 0 bridgehead atoms. The van der Waals surface area contributed by atoms with E-state index in [4.69, 9.17) is 5.11 Å². The first kappa shape index (κ1) is 7.67. The standard InChI is InChI=1S/C3H6N2O4/c1-2(3(6)7)4-5(8)9/h2,4H,1H3,(H,6,7)/t2-/m1/s1. The molecule has 0 aromatic heterocycles. The largest absolute Gasteiger partial charge is 0.480 e. The fourth-order valence-corrected chi connectivity index (χ4v) is 0.213. The third-order valence-electron chi connectivity index (χ3n) is 0.669. The quantitative estimate of drug-likeness (QED) is 0.391. The van der Waals surface area contributed by atoms with Crippen LogP contribution in [0, 0.1) is 10.1 Å². The highest BCUT2D eigenvalue weighted by Gasteiger charge is 2.14. The molecule has 6 heteroatoms. The fraction of sp³-hybridized carbons (Fsp3) is 0.667. The van der Waals surface area contributed by atoms with Crippen molar-refractivity contribution in [2.45, 2.75) is 13.0 Å². The van der Waals surface area contributed by atoms with Crippen LogP contribution in [-0.4, -0.2) is 22.1 Å². The van der Waals surface area contributed by atoms with Crippen molar-refractivity contribution in [2.75, 3.05) is 0 Å². The highest BCUT2D eigenvalue weighted by atomic mass is 16.7. The van der Waals surface area contributed by atoms with Gasteiger partial charge in [0.2, 0.25) is 0 Å². The van der Waals surface area contributed by atoms with E-state index in [2.05, 4.69) is 0 Å². The van der Waals surface area contributed by atoms with Crippen molar-refractivity contribution in [1.29, 1.82) is 0 Å². The summed E-state index contributed by atoms with van der Waals surface area (Å²) in [6, 6.07) is -1.14. The highest BCUT2D eigenvalue weighted by molar-refractivity contribution is 5.72. The van der Waals surface area contributed by atoms with Gasteiger partial charge in [0.1, 0.15) is 0 Å². The number of hydrogen-bond donors (Lipinski definition) is 2. The lowest BCUT2D eigenvalue weighted by Gasteiger charge is -1.98. The summed E-state index contributed by atoms with van der Waals surface area (Å²) in [4.78, 5) is 19.4. The van der Waals surface area contributed by atoms with Gasteiger partial charge in [-0.05, 0) is 6.92 Å². The molecule has 0 radical (unpaired) electrons. The fourth-order valence-electron chi connectivity index (χ4n) is 0.213. The Morgan fingerprint density at radius 2 is 2.33 bits per heavy atom. The Morgan fingerprint density at radius 1 is 1.89 bits per heavy atom. The zero-order valence-corrected chi connectivity index (χ0v) is 4.70. The summed E-state index contributed by atoms with van der Waals surface area (Å²) < 4.78 is 0. The molecule has 0 unspecified atom stereocenters. The molecular weight excluding hydrogens is 128 g/mol. The van der Waals surface area contributed by atoms with Crippen LogP contribution in [0.15, 0.2) is 0 Å². The number of rotatable bonds is 3. The molecular formula is C3H6N2O4. The molecule has 0 saturated heterocycles. The van der Waals surface area contributed by atoms with Crippen molar-refractivity contribution in [1.82, 2.24) is 5.43 Å². The number of nitro groups is 1. The Labute approximate surface area is 50.6 Å². The molecule has 0 aliphatic carbocycles. The molecule has 6 nitrogen and oxygen atoms in total. The van der Waals surface area contributed by atoms with Crippen LogP contribution in [0.1, 0.15) is 6.92 Å². The zero-order valence-electron chi connectivity index (χ0n) is 4.70. The van der Waals surface area contributed by atoms with Crippen LogP contribution in [0.25, 0.3) is 0 Å². The smallest absolute Gasteiger partial charge is 0.331 e. The van der Waals surface area contributed by atoms with Crippen molar-refractivity contribution < 1.29 is 14.9 Å². The minimum atomic E-state index is -1.24. The van der Waals surface area contributed by atoms with E-state index in [0.29, 0.717) is 0 Å². The Bertz CT molecular complexity index is 134. The maximum absolute atomic E-state index is 9.87. The Morgan fingerprint density at radius 3 is 2.44 bits per heavy atom. The predicted molar refractivity (Wildman–Crippen MR) is 27.2 cm³/mol. The van der Waals surface area contributed by atoms with Crippen molar-refractivity contribution in [2.24, 2.45) is 0 Å². The lowest BCUT2D eigenvalue weighted by molar-refractivity contribution is -0.548. The third-order valence-corrected chi connectivity index (χ3v) is 0.669. The first-order valence-corrected chi connectivity index (χ1v) is 2.17. The second kappa shape index (κ2) is 2.85. The summed E-state index contributed by atoms with van der Waals surface area (Å²) in [6.07, 6.45) is 0. The molecule has 0 aliphatic rings. The van der Waals surface area contributed by atoms with Gasteiger partial charge in [-0.25, -0.2) is 14.9 Å². The molecule has 0 amide bonds. The Balaban J connectivity index is 3.63.